The third kappa shape index (κ3) is 2.52. The van der Waals surface area contributed by atoms with E-state index in [1.165, 1.54) is 6.22 Å². The molecule has 0 atom stereocenters. The van der Waals surface area contributed by atoms with Crippen LogP contribution in [0.3, 0.4) is 0 Å². The first-order valence-corrected chi connectivity index (χ1v) is 6.22. The van der Waals surface area contributed by atoms with Crippen LogP contribution in [0, 0.1) is 0 Å². The van der Waals surface area contributed by atoms with Crippen molar-refractivity contribution in [2.45, 2.75) is 72.2 Å². The van der Waals surface area contributed by atoms with Crippen LogP contribution in [0.4, 0.5) is 0 Å². The van der Waals surface area contributed by atoms with Crippen molar-refractivity contribution in [2.75, 3.05) is 0 Å². The Labute approximate surface area is 97.1 Å². The first-order valence-electron chi connectivity index (χ1n) is 6.22. The molecular weight excluding hydrogens is 178 g/mol. The van der Waals surface area contributed by atoms with E-state index in [4.69, 9.17) is 0 Å². The Morgan fingerprint density at radius 2 is 1.00 bits per heavy atom. The highest BCUT2D eigenvalue weighted by atomic mass is 14.2. The molecule has 1 aliphatic rings. The molecule has 0 bridgehead atoms. The summed E-state index contributed by atoms with van der Waals surface area (Å²) >= 11 is 0. The maximum Gasteiger partial charge on any atom is 0.167 e. The van der Waals surface area contributed by atoms with Crippen molar-refractivity contribution in [2.24, 2.45) is 0 Å². The maximum absolute atomic E-state index is 2.37. The SMILES string of the molecule is CC1=C(C)B(C(C)(C)C)CB1C(C)(C)C. The number of allylic oxidation sites excluding steroid dienone is 2. The smallest absolute Gasteiger partial charge is 0.114 e. The van der Waals surface area contributed by atoms with Gasteiger partial charge in [0.25, 0.3) is 0 Å². The molecule has 0 aliphatic carbocycles. The highest BCUT2D eigenvalue weighted by Gasteiger charge is 2.44. The van der Waals surface area contributed by atoms with E-state index in [1.54, 1.807) is 10.9 Å². The van der Waals surface area contributed by atoms with E-state index in [0.29, 0.717) is 10.6 Å². The summed E-state index contributed by atoms with van der Waals surface area (Å²) in [5.74, 6) is 0. The molecule has 1 aliphatic heterocycles. The average Bonchev–Trinajstić information content (AvgIpc) is 2.26. The zero-order valence-electron chi connectivity index (χ0n) is 11.9. The highest BCUT2D eigenvalue weighted by molar-refractivity contribution is 6.92. The van der Waals surface area contributed by atoms with Gasteiger partial charge in [0.15, 0.2) is 13.4 Å². The molecule has 0 aromatic rings. The Balaban J connectivity index is 2.99. The van der Waals surface area contributed by atoms with Crippen molar-refractivity contribution in [3.05, 3.63) is 10.9 Å². The van der Waals surface area contributed by atoms with Gasteiger partial charge in [-0.25, -0.2) is 0 Å². The molecule has 0 aromatic heterocycles. The van der Waals surface area contributed by atoms with E-state index >= 15 is 0 Å². The summed E-state index contributed by atoms with van der Waals surface area (Å²) in [6, 6.07) is 0. The maximum atomic E-state index is 2.37. The summed E-state index contributed by atoms with van der Waals surface area (Å²) in [7, 11) is 0. The first-order chi connectivity index (χ1) is 6.55. The Hall–Kier alpha value is -0.130. The predicted octanol–water partition coefficient (Wildman–Crippen LogP) is 4.54. The quantitative estimate of drug-likeness (QED) is 0.508. The number of hydrogen-bond acceptors (Lipinski definition) is 0. The summed E-state index contributed by atoms with van der Waals surface area (Å²) < 4.78 is 0. The second-order valence-corrected chi connectivity index (χ2v) is 7.44. The second kappa shape index (κ2) is 3.71. The van der Waals surface area contributed by atoms with Crippen molar-refractivity contribution >= 4 is 13.4 Å². The van der Waals surface area contributed by atoms with Gasteiger partial charge in [0.2, 0.25) is 0 Å². The molecule has 0 saturated carbocycles. The zero-order valence-corrected chi connectivity index (χ0v) is 11.9. The molecule has 0 spiro atoms. The van der Waals surface area contributed by atoms with Crippen LogP contribution < -0.4 is 0 Å². The van der Waals surface area contributed by atoms with E-state index in [1.807, 2.05) is 0 Å². The molecule has 15 heavy (non-hydrogen) atoms. The molecule has 84 valence electrons. The van der Waals surface area contributed by atoms with Crippen LogP contribution in [0.1, 0.15) is 55.4 Å². The number of hydrogen-bond donors (Lipinski definition) is 0. The molecule has 2 heteroatoms. The Kier molecular flexibility index (Phi) is 3.20. The Morgan fingerprint density at radius 1 is 0.733 bits per heavy atom. The minimum atomic E-state index is 0.422. The Bertz CT molecular complexity index is 248. The second-order valence-electron chi connectivity index (χ2n) is 7.44. The summed E-state index contributed by atoms with van der Waals surface area (Å²) in [5, 5.41) is 0.844. The van der Waals surface area contributed by atoms with Gasteiger partial charge in [-0.1, -0.05) is 72.2 Å². The van der Waals surface area contributed by atoms with Crippen molar-refractivity contribution in [1.82, 2.24) is 0 Å². The van der Waals surface area contributed by atoms with Gasteiger partial charge >= 0.3 is 0 Å². The molecule has 0 radical (unpaired) electrons. The van der Waals surface area contributed by atoms with E-state index in [-0.39, 0.29) is 0 Å². The third-order valence-corrected chi connectivity index (χ3v) is 4.23. The predicted molar refractivity (Wildman–Crippen MR) is 74.1 cm³/mol. The van der Waals surface area contributed by atoms with Crippen LogP contribution in [0.5, 0.6) is 0 Å². The third-order valence-electron chi connectivity index (χ3n) is 4.23. The van der Waals surface area contributed by atoms with Gasteiger partial charge in [0.05, 0.1) is 0 Å². The van der Waals surface area contributed by atoms with Crippen LogP contribution in [-0.4, -0.2) is 13.4 Å². The topological polar surface area (TPSA) is 0 Å². The largest absolute Gasteiger partial charge is 0.167 e. The van der Waals surface area contributed by atoms with Crippen LogP contribution in [-0.2, 0) is 0 Å². The fraction of sp³-hybridized carbons (Fsp3) is 0.846. The number of rotatable bonds is 0. The molecule has 0 nitrogen and oxygen atoms in total. The molecule has 0 aromatic carbocycles. The van der Waals surface area contributed by atoms with E-state index < -0.39 is 0 Å². The summed E-state index contributed by atoms with van der Waals surface area (Å²) in [6.07, 6.45) is 1.35. The lowest BCUT2D eigenvalue weighted by Crippen LogP contribution is -2.31. The fourth-order valence-electron chi connectivity index (χ4n) is 3.15. The van der Waals surface area contributed by atoms with Crippen molar-refractivity contribution < 1.29 is 0 Å². The molecule has 1 heterocycles. The van der Waals surface area contributed by atoms with Gasteiger partial charge in [-0.05, 0) is 0 Å². The zero-order chi connectivity index (χ0) is 12.0. The molecule has 1 rings (SSSR count). The van der Waals surface area contributed by atoms with Gasteiger partial charge in [-0.2, -0.15) is 0 Å². The summed E-state index contributed by atoms with van der Waals surface area (Å²) in [6.45, 7) is 20.5. The Morgan fingerprint density at radius 3 is 1.13 bits per heavy atom. The van der Waals surface area contributed by atoms with E-state index in [2.05, 4.69) is 55.4 Å². The van der Waals surface area contributed by atoms with Gasteiger partial charge < -0.3 is 0 Å². The fourth-order valence-corrected chi connectivity index (χ4v) is 3.15. The van der Waals surface area contributed by atoms with E-state index in [0.717, 1.165) is 13.4 Å². The van der Waals surface area contributed by atoms with Crippen LogP contribution in [0.2, 0.25) is 16.8 Å². The first kappa shape index (κ1) is 12.9. The molecule has 0 amide bonds. The minimum absolute atomic E-state index is 0.422. The summed E-state index contributed by atoms with van der Waals surface area (Å²) in [4.78, 5) is 0. The molecule has 0 fully saturated rings. The molecular formula is C13H26B2. The lowest BCUT2D eigenvalue weighted by molar-refractivity contribution is 0.731. The van der Waals surface area contributed by atoms with Crippen molar-refractivity contribution in [3.8, 4) is 0 Å². The standard InChI is InChI=1S/C13H26B2/c1-10-11(2)15(13(6,7)8)9-14(10)12(3,4)5/h9H2,1-8H3. The van der Waals surface area contributed by atoms with Gasteiger partial charge in [-0.15, -0.1) is 10.9 Å². The van der Waals surface area contributed by atoms with Crippen LogP contribution in [0.15, 0.2) is 10.9 Å². The monoisotopic (exact) mass is 204 g/mol. The molecule has 0 unspecified atom stereocenters. The lowest BCUT2D eigenvalue weighted by atomic mass is 9.21. The lowest BCUT2D eigenvalue weighted by Gasteiger charge is -2.29. The van der Waals surface area contributed by atoms with Crippen LogP contribution >= 0.6 is 0 Å². The molecule has 0 saturated heterocycles. The normalized spacial score (nSPS) is 19.2. The highest BCUT2D eigenvalue weighted by Crippen LogP contribution is 2.46. The van der Waals surface area contributed by atoms with Crippen molar-refractivity contribution in [3.63, 3.8) is 0 Å². The minimum Gasteiger partial charge on any atom is -0.114 e. The van der Waals surface area contributed by atoms with E-state index in [9.17, 15) is 0 Å². The molecule has 0 N–H and O–H groups in total. The van der Waals surface area contributed by atoms with Gasteiger partial charge in [-0.3, -0.25) is 0 Å². The van der Waals surface area contributed by atoms with Gasteiger partial charge in [0, 0.05) is 0 Å². The summed E-state index contributed by atoms with van der Waals surface area (Å²) in [5.41, 5.74) is 3.31. The van der Waals surface area contributed by atoms with Crippen LogP contribution in [0.25, 0.3) is 0 Å². The average molecular weight is 204 g/mol. The van der Waals surface area contributed by atoms with Gasteiger partial charge in [0.1, 0.15) is 0 Å². The van der Waals surface area contributed by atoms with Crippen molar-refractivity contribution in [1.29, 1.82) is 0 Å².